The molecule has 3 nitrogen and oxygen atoms in total. The van der Waals surface area contributed by atoms with Crippen LogP contribution in [-0.2, 0) is 4.84 Å². The molecular formula is C6H12N2O. The molecule has 0 radical (unpaired) electrons. The maximum Gasteiger partial charge on any atom is 0.118 e. The topological polar surface area (TPSA) is 33.6 Å². The molecule has 0 aromatic rings. The van der Waals surface area contributed by atoms with Crippen LogP contribution in [0.5, 0.6) is 0 Å². The van der Waals surface area contributed by atoms with Gasteiger partial charge in [0, 0.05) is 6.72 Å². The first-order valence-electron chi connectivity index (χ1n) is 2.83. The van der Waals surface area contributed by atoms with Gasteiger partial charge in [0.25, 0.3) is 0 Å². The van der Waals surface area contributed by atoms with E-state index in [9.17, 15) is 0 Å². The zero-order chi connectivity index (χ0) is 6.95. The van der Waals surface area contributed by atoms with E-state index in [0.717, 1.165) is 13.0 Å². The molecule has 0 saturated carbocycles. The van der Waals surface area contributed by atoms with Gasteiger partial charge >= 0.3 is 0 Å². The summed E-state index contributed by atoms with van der Waals surface area (Å²) in [6.07, 6.45) is 4.35. The van der Waals surface area contributed by atoms with Crippen molar-refractivity contribution in [1.82, 2.24) is 5.32 Å². The van der Waals surface area contributed by atoms with E-state index in [2.05, 4.69) is 22.0 Å². The summed E-state index contributed by atoms with van der Waals surface area (Å²) >= 11 is 0. The summed E-state index contributed by atoms with van der Waals surface area (Å²) < 4.78 is 0. The van der Waals surface area contributed by atoms with Crippen molar-refractivity contribution in [1.29, 1.82) is 0 Å². The second-order valence-electron chi connectivity index (χ2n) is 1.50. The Bertz CT molecular complexity index is 91.1. The number of nitrogens with zero attached hydrogens (tertiary/aromatic N) is 1. The van der Waals surface area contributed by atoms with Gasteiger partial charge < -0.3 is 10.2 Å². The second kappa shape index (κ2) is 7.17. The maximum absolute atomic E-state index is 4.49. The Hall–Kier alpha value is -0.830. The summed E-state index contributed by atoms with van der Waals surface area (Å²) in [5.74, 6) is 0. The van der Waals surface area contributed by atoms with Gasteiger partial charge in [-0.3, -0.25) is 0 Å². The quantitative estimate of drug-likeness (QED) is 0.256. The van der Waals surface area contributed by atoms with Gasteiger partial charge in [0.2, 0.25) is 0 Å². The third-order valence-corrected chi connectivity index (χ3v) is 0.793. The fraction of sp³-hybridized carbons (Fsp3) is 0.500. The summed E-state index contributed by atoms with van der Waals surface area (Å²) in [6.45, 7) is 4.09. The normalized spacial score (nSPS) is 9.89. The molecule has 3 heteroatoms. The van der Waals surface area contributed by atoms with Crippen LogP contribution >= 0.6 is 0 Å². The molecule has 0 unspecified atom stereocenters. The van der Waals surface area contributed by atoms with Crippen molar-refractivity contribution in [3.05, 3.63) is 12.3 Å². The van der Waals surface area contributed by atoms with Crippen LogP contribution in [0.2, 0.25) is 0 Å². The average Bonchev–Trinajstić information content (AvgIpc) is 1.89. The molecule has 0 aliphatic heterocycles. The molecule has 0 aliphatic rings. The Balaban J connectivity index is 2.94. The summed E-state index contributed by atoms with van der Waals surface area (Å²) in [6, 6.07) is 0. The van der Waals surface area contributed by atoms with E-state index in [0.29, 0.717) is 0 Å². The van der Waals surface area contributed by atoms with E-state index < -0.39 is 0 Å². The minimum atomic E-state index is 0.950. The molecule has 0 amide bonds. The van der Waals surface area contributed by atoms with Gasteiger partial charge in [-0.25, -0.2) is 0 Å². The molecule has 9 heavy (non-hydrogen) atoms. The van der Waals surface area contributed by atoms with Gasteiger partial charge in [0.1, 0.15) is 6.26 Å². The Labute approximate surface area is 55.4 Å². The van der Waals surface area contributed by atoms with Gasteiger partial charge in [-0.1, -0.05) is 5.16 Å². The molecule has 0 aromatic heterocycles. The van der Waals surface area contributed by atoms with E-state index in [4.69, 9.17) is 0 Å². The molecule has 0 saturated heterocycles. The molecule has 0 rings (SSSR count). The zero-order valence-corrected chi connectivity index (χ0v) is 5.63. The van der Waals surface area contributed by atoms with Crippen molar-refractivity contribution in [3.8, 4) is 0 Å². The fourth-order valence-corrected chi connectivity index (χ4v) is 0.382. The Morgan fingerprint density at radius 2 is 2.56 bits per heavy atom. The van der Waals surface area contributed by atoms with Crippen molar-refractivity contribution >= 4 is 6.72 Å². The second-order valence-corrected chi connectivity index (χ2v) is 1.50. The largest absolute Gasteiger partial charge is 0.366 e. The molecule has 0 aliphatic carbocycles. The zero-order valence-electron chi connectivity index (χ0n) is 5.63. The lowest BCUT2D eigenvalue weighted by Crippen LogP contribution is -2.05. The molecule has 1 N–H and O–H groups in total. The van der Waals surface area contributed by atoms with Crippen LogP contribution in [0.4, 0.5) is 0 Å². The highest BCUT2D eigenvalue weighted by Crippen LogP contribution is 1.81. The van der Waals surface area contributed by atoms with Crippen LogP contribution in [0.15, 0.2) is 17.5 Å². The molecule has 0 bridgehead atoms. The Kier molecular flexibility index (Phi) is 6.51. The third-order valence-electron chi connectivity index (χ3n) is 0.793. The lowest BCUT2D eigenvalue weighted by atomic mass is 10.4. The molecule has 0 heterocycles. The Morgan fingerprint density at radius 1 is 1.78 bits per heavy atom. The van der Waals surface area contributed by atoms with Crippen molar-refractivity contribution in [2.75, 3.05) is 13.6 Å². The highest BCUT2D eigenvalue weighted by atomic mass is 16.6. The molecule has 0 atom stereocenters. The van der Waals surface area contributed by atoms with E-state index in [1.54, 1.807) is 0 Å². The summed E-state index contributed by atoms with van der Waals surface area (Å²) in [4.78, 5) is 4.49. The molecule has 0 aromatic carbocycles. The summed E-state index contributed by atoms with van der Waals surface area (Å²) in [5, 5.41) is 6.17. The summed E-state index contributed by atoms with van der Waals surface area (Å²) in [7, 11) is 1.90. The third kappa shape index (κ3) is 7.17. The van der Waals surface area contributed by atoms with Crippen LogP contribution in [0.3, 0.4) is 0 Å². The van der Waals surface area contributed by atoms with Crippen LogP contribution < -0.4 is 5.32 Å². The number of oxime groups is 1. The van der Waals surface area contributed by atoms with E-state index in [1.165, 1.54) is 6.26 Å². The first kappa shape index (κ1) is 8.17. The first-order valence-corrected chi connectivity index (χ1v) is 2.83. The first-order chi connectivity index (χ1) is 4.41. The molecule has 0 spiro atoms. The predicted octanol–water partition coefficient (Wildman–Crippen LogP) is 0.742. The molecule has 0 fully saturated rings. The van der Waals surface area contributed by atoms with E-state index in [-0.39, 0.29) is 0 Å². The lowest BCUT2D eigenvalue weighted by Gasteiger charge is -1.89. The van der Waals surface area contributed by atoms with Crippen LogP contribution in [-0.4, -0.2) is 20.3 Å². The average molecular weight is 128 g/mol. The Morgan fingerprint density at radius 3 is 3.11 bits per heavy atom. The van der Waals surface area contributed by atoms with Gasteiger partial charge in [-0.05, 0) is 26.1 Å². The fourth-order valence-electron chi connectivity index (χ4n) is 0.382. The minimum Gasteiger partial charge on any atom is -0.366 e. The standard InChI is InChI=1S/C6H12N2O/c1-7-5-3-4-6-9-8-2/h4,6-7H,2-3,5H2,1H3/b6-4-. The SMILES string of the molecule is C=NO/C=C\CCNC. The maximum atomic E-state index is 4.49. The lowest BCUT2D eigenvalue weighted by molar-refractivity contribution is 0.271. The number of hydrogen-bond donors (Lipinski definition) is 1. The number of nitrogens with one attached hydrogen (secondary N) is 1. The van der Waals surface area contributed by atoms with Gasteiger partial charge in [-0.15, -0.1) is 0 Å². The van der Waals surface area contributed by atoms with E-state index >= 15 is 0 Å². The minimum absolute atomic E-state index is 0.950. The van der Waals surface area contributed by atoms with Crippen molar-refractivity contribution in [2.24, 2.45) is 5.16 Å². The van der Waals surface area contributed by atoms with Crippen LogP contribution in [0, 0.1) is 0 Å². The van der Waals surface area contributed by atoms with Gasteiger partial charge in [-0.2, -0.15) is 0 Å². The number of rotatable bonds is 5. The van der Waals surface area contributed by atoms with Crippen molar-refractivity contribution in [2.45, 2.75) is 6.42 Å². The van der Waals surface area contributed by atoms with E-state index in [1.807, 2.05) is 13.1 Å². The molecular weight excluding hydrogens is 116 g/mol. The molecule has 52 valence electrons. The predicted molar refractivity (Wildman–Crippen MR) is 38.3 cm³/mol. The smallest absolute Gasteiger partial charge is 0.118 e. The summed E-state index contributed by atoms with van der Waals surface area (Å²) in [5.41, 5.74) is 0. The van der Waals surface area contributed by atoms with Gasteiger partial charge in [0.05, 0.1) is 0 Å². The highest BCUT2D eigenvalue weighted by Gasteiger charge is 1.74. The monoisotopic (exact) mass is 128 g/mol. The van der Waals surface area contributed by atoms with Crippen molar-refractivity contribution < 1.29 is 4.84 Å². The van der Waals surface area contributed by atoms with Gasteiger partial charge in [0.15, 0.2) is 0 Å². The van der Waals surface area contributed by atoms with Crippen LogP contribution in [0.1, 0.15) is 6.42 Å². The van der Waals surface area contributed by atoms with Crippen LogP contribution in [0.25, 0.3) is 0 Å². The number of hydrogen-bond acceptors (Lipinski definition) is 3. The van der Waals surface area contributed by atoms with Crippen molar-refractivity contribution in [3.63, 3.8) is 0 Å². The highest BCUT2D eigenvalue weighted by molar-refractivity contribution is 5.21.